The molecule has 0 bridgehead atoms. The third-order valence-electron chi connectivity index (χ3n) is 6.28. The molecule has 2 fully saturated rings. The van der Waals surface area contributed by atoms with Crippen LogP contribution in [0.2, 0.25) is 10.0 Å². The molecule has 0 saturated carbocycles. The van der Waals surface area contributed by atoms with Crippen molar-refractivity contribution in [2.24, 2.45) is 5.92 Å². The molecule has 2 saturated heterocycles. The van der Waals surface area contributed by atoms with Crippen LogP contribution in [0.1, 0.15) is 30.4 Å². The molecule has 30 heavy (non-hydrogen) atoms. The lowest BCUT2D eigenvalue weighted by atomic mass is 9.90. The number of hydrogen-bond donors (Lipinski definition) is 1. The van der Waals surface area contributed by atoms with E-state index in [-0.39, 0.29) is 12.1 Å². The molecule has 4 rings (SSSR count). The number of likely N-dealkylation sites (tertiary alicyclic amines) is 1. The molecule has 1 N–H and O–H groups in total. The van der Waals surface area contributed by atoms with Gasteiger partial charge in [-0.2, -0.15) is 0 Å². The predicted octanol–water partition coefficient (Wildman–Crippen LogP) is 5.23. The molecule has 0 aliphatic carbocycles. The number of halogens is 2. The molecule has 2 aromatic rings. The summed E-state index contributed by atoms with van der Waals surface area (Å²) in [5.74, 6) is 0.638. The molecule has 1 atom stereocenters. The highest BCUT2D eigenvalue weighted by Crippen LogP contribution is 2.28. The highest BCUT2D eigenvalue weighted by molar-refractivity contribution is 6.33. The summed E-state index contributed by atoms with van der Waals surface area (Å²) >= 11 is 12.5. The van der Waals surface area contributed by atoms with Gasteiger partial charge in [0.05, 0.1) is 0 Å². The Morgan fingerprint density at radius 1 is 0.967 bits per heavy atom. The first-order chi connectivity index (χ1) is 14.6. The normalized spacial score (nSPS) is 20.9. The molecule has 2 aliphatic heterocycles. The highest BCUT2D eigenvalue weighted by Gasteiger charge is 2.28. The van der Waals surface area contributed by atoms with Crippen LogP contribution < -0.4 is 5.32 Å². The van der Waals surface area contributed by atoms with E-state index < -0.39 is 0 Å². The standard InChI is InChI=1S/C24H29Cl2N3O/c25-21-6-7-23(26)20(15-21)14-18-8-11-28(12-9-18)17-22-10-13-29(24(30)27-22)16-19-4-2-1-3-5-19/h1-7,15,18,22H,8-14,16-17H2,(H,27,30). The van der Waals surface area contributed by atoms with E-state index in [0.717, 1.165) is 67.5 Å². The second-order valence-electron chi connectivity index (χ2n) is 8.53. The van der Waals surface area contributed by atoms with Crippen molar-refractivity contribution in [3.63, 3.8) is 0 Å². The number of carbonyl (C=O) groups excluding carboxylic acids is 1. The van der Waals surface area contributed by atoms with E-state index in [9.17, 15) is 4.79 Å². The topological polar surface area (TPSA) is 35.6 Å². The first kappa shape index (κ1) is 21.5. The van der Waals surface area contributed by atoms with Crippen LogP contribution >= 0.6 is 23.2 Å². The minimum Gasteiger partial charge on any atom is -0.334 e. The predicted molar refractivity (Wildman–Crippen MR) is 123 cm³/mol. The molecule has 6 heteroatoms. The lowest BCUT2D eigenvalue weighted by molar-refractivity contribution is 0.137. The number of rotatable bonds is 6. The number of carbonyl (C=O) groups is 1. The Morgan fingerprint density at radius 2 is 1.73 bits per heavy atom. The molecule has 160 valence electrons. The van der Waals surface area contributed by atoms with E-state index in [1.54, 1.807) is 0 Å². The Bertz CT molecular complexity index is 853. The van der Waals surface area contributed by atoms with Crippen LogP contribution in [0.5, 0.6) is 0 Å². The first-order valence-electron chi connectivity index (χ1n) is 10.8. The van der Waals surface area contributed by atoms with Crippen molar-refractivity contribution in [2.45, 2.75) is 38.3 Å². The summed E-state index contributed by atoms with van der Waals surface area (Å²) in [6.07, 6.45) is 4.30. The summed E-state index contributed by atoms with van der Waals surface area (Å²) in [6.45, 7) is 4.58. The van der Waals surface area contributed by atoms with Crippen LogP contribution in [0.25, 0.3) is 0 Å². The number of nitrogens with one attached hydrogen (secondary N) is 1. The Labute approximate surface area is 189 Å². The lowest BCUT2D eigenvalue weighted by Crippen LogP contribution is -2.55. The van der Waals surface area contributed by atoms with Gasteiger partial charge in [-0.1, -0.05) is 53.5 Å². The molecule has 0 spiro atoms. The third-order valence-corrected chi connectivity index (χ3v) is 6.88. The molecular weight excluding hydrogens is 417 g/mol. The Hall–Kier alpha value is -1.75. The number of amides is 2. The molecule has 2 amide bonds. The zero-order chi connectivity index (χ0) is 20.9. The zero-order valence-electron chi connectivity index (χ0n) is 17.2. The summed E-state index contributed by atoms with van der Waals surface area (Å²) in [6, 6.07) is 16.2. The van der Waals surface area contributed by atoms with Gasteiger partial charge in [-0.05, 0) is 74.0 Å². The maximum absolute atomic E-state index is 12.5. The number of benzene rings is 2. The summed E-state index contributed by atoms with van der Waals surface area (Å²) in [7, 11) is 0. The molecule has 0 radical (unpaired) electrons. The summed E-state index contributed by atoms with van der Waals surface area (Å²) in [5.41, 5.74) is 2.33. The minimum absolute atomic E-state index is 0.0561. The van der Waals surface area contributed by atoms with Crippen LogP contribution in [0, 0.1) is 5.92 Å². The number of nitrogens with zero attached hydrogens (tertiary/aromatic N) is 2. The fourth-order valence-electron chi connectivity index (χ4n) is 4.54. The van der Waals surface area contributed by atoms with Crippen LogP contribution in [-0.2, 0) is 13.0 Å². The van der Waals surface area contributed by atoms with Gasteiger partial charge in [-0.3, -0.25) is 0 Å². The smallest absolute Gasteiger partial charge is 0.317 e. The van der Waals surface area contributed by atoms with Crippen molar-refractivity contribution in [1.82, 2.24) is 15.1 Å². The average molecular weight is 446 g/mol. The van der Waals surface area contributed by atoms with E-state index >= 15 is 0 Å². The van der Waals surface area contributed by atoms with E-state index in [1.165, 1.54) is 5.56 Å². The van der Waals surface area contributed by atoms with Gasteiger partial charge in [-0.15, -0.1) is 0 Å². The maximum atomic E-state index is 12.5. The van der Waals surface area contributed by atoms with Crippen molar-refractivity contribution >= 4 is 29.2 Å². The van der Waals surface area contributed by atoms with Crippen molar-refractivity contribution < 1.29 is 4.79 Å². The van der Waals surface area contributed by atoms with Crippen LogP contribution in [-0.4, -0.2) is 48.1 Å². The van der Waals surface area contributed by atoms with Crippen LogP contribution in [0.15, 0.2) is 48.5 Å². The van der Waals surface area contributed by atoms with Crippen LogP contribution in [0.3, 0.4) is 0 Å². The van der Waals surface area contributed by atoms with Crippen molar-refractivity contribution in [3.8, 4) is 0 Å². The van der Waals surface area contributed by atoms with E-state index in [4.69, 9.17) is 23.2 Å². The van der Waals surface area contributed by atoms with Crippen LogP contribution in [0.4, 0.5) is 4.79 Å². The molecule has 2 heterocycles. The van der Waals surface area contributed by atoms with E-state index in [0.29, 0.717) is 12.5 Å². The number of urea groups is 1. The second-order valence-corrected chi connectivity index (χ2v) is 9.37. The van der Waals surface area contributed by atoms with Gasteiger partial charge in [0, 0.05) is 35.7 Å². The minimum atomic E-state index is 0.0561. The average Bonchev–Trinajstić information content (AvgIpc) is 2.75. The van der Waals surface area contributed by atoms with Gasteiger partial charge in [0.1, 0.15) is 0 Å². The Morgan fingerprint density at radius 3 is 2.47 bits per heavy atom. The molecular formula is C24H29Cl2N3O. The first-order valence-corrected chi connectivity index (χ1v) is 11.6. The fourth-order valence-corrected chi connectivity index (χ4v) is 4.93. The summed E-state index contributed by atoms with van der Waals surface area (Å²) in [4.78, 5) is 16.9. The quantitative estimate of drug-likeness (QED) is 0.660. The van der Waals surface area contributed by atoms with Gasteiger partial charge >= 0.3 is 6.03 Å². The van der Waals surface area contributed by atoms with Crippen molar-refractivity contribution in [3.05, 3.63) is 69.7 Å². The van der Waals surface area contributed by atoms with Gasteiger partial charge in [0.15, 0.2) is 0 Å². The van der Waals surface area contributed by atoms with Gasteiger partial charge in [-0.25, -0.2) is 4.79 Å². The molecule has 2 aliphatic rings. The van der Waals surface area contributed by atoms with Gasteiger partial charge in [0.25, 0.3) is 0 Å². The molecule has 2 aromatic carbocycles. The monoisotopic (exact) mass is 445 g/mol. The van der Waals surface area contributed by atoms with Crippen molar-refractivity contribution in [1.29, 1.82) is 0 Å². The maximum Gasteiger partial charge on any atom is 0.317 e. The van der Waals surface area contributed by atoms with E-state index in [1.807, 2.05) is 41.3 Å². The van der Waals surface area contributed by atoms with E-state index in [2.05, 4.69) is 22.3 Å². The van der Waals surface area contributed by atoms with Crippen molar-refractivity contribution in [2.75, 3.05) is 26.2 Å². The Kier molecular flexibility index (Phi) is 7.19. The Balaban J connectivity index is 1.21. The molecule has 1 unspecified atom stereocenters. The lowest BCUT2D eigenvalue weighted by Gasteiger charge is -2.38. The summed E-state index contributed by atoms with van der Waals surface area (Å²) < 4.78 is 0. The van der Waals surface area contributed by atoms with Gasteiger partial charge < -0.3 is 15.1 Å². The number of hydrogen-bond acceptors (Lipinski definition) is 2. The fraction of sp³-hybridized carbons (Fsp3) is 0.458. The molecule has 0 aromatic heterocycles. The summed E-state index contributed by atoms with van der Waals surface area (Å²) in [5, 5.41) is 4.77. The second kappa shape index (κ2) is 10.0. The highest BCUT2D eigenvalue weighted by atomic mass is 35.5. The molecule has 4 nitrogen and oxygen atoms in total. The number of piperidine rings is 1. The van der Waals surface area contributed by atoms with Gasteiger partial charge in [0.2, 0.25) is 0 Å². The SMILES string of the molecule is O=C1NC(CN2CCC(Cc3cc(Cl)ccc3Cl)CC2)CCN1Cc1ccccc1. The third kappa shape index (κ3) is 5.69. The zero-order valence-corrected chi connectivity index (χ0v) is 18.7. The largest absolute Gasteiger partial charge is 0.334 e.